The van der Waals surface area contributed by atoms with Crippen LogP contribution < -0.4 is 10.6 Å². The minimum atomic E-state index is -1.18. The molecule has 0 spiro atoms. The summed E-state index contributed by atoms with van der Waals surface area (Å²) in [6.45, 7) is 1.93. The SMILES string of the molecule is Cc1cccc(NC(=O)c2cccc(NC(=O)c3ccccc3C(=O)O)c2)c1. The highest BCUT2D eigenvalue weighted by molar-refractivity contribution is 6.11. The van der Waals surface area contributed by atoms with Gasteiger partial charge in [-0.1, -0.05) is 30.3 Å². The minimum absolute atomic E-state index is 0.0459. The van der Waals surface area contributed by atoms with Crippen LogP contribution in [-0.2, 0) is 0 Å². The second-order valence-corrected chi connectivity index (χ2v) is 6.21. The van der Waals surface area contributed by atoms with E-state index in [0.717, 1.165) is 5.56 Å². The fraction of sp³-hybridized carbons (Fsp3) is 0.0455. The lowest BCUT2D eigenvalue weighted by Crippen LogP contribution is -2.17. The summed E-state index contributed by atoms with van der Waals surface area (Å²) in [6.07, 6.45) is 0. The number of rotatable bonds is 5. The van der Waals surface area contributed by atoms with Gasteiger partial charge < -0.3 is 15.7 Å². The van der Waals surface area contributed by atoms with Crippen LogP contribution in [-0.4, -0.2) is 22.9 Å². The Kier molecular flexibility index (Phi) is 5.50. The fourth-order valence-corrected chi connectivity index (χ4v) is 2.73. The second kappa shape index (κ2) is 8.18. The van der Waals surface area contributed by atoms with Crippen molar-refractivity contribution in [2.75, 3.05) is 10.6 Å². The molecule has 0 unspecified atom stereocenters. The third-order valence-electron chi connectivity index (χ3n) is 4.06. The van der Waals surface area contributed by atoms with Gasteiger partial charge in [-0.15, -0.1) is 0 Å². The summed E-state index contributed by atoms with van der Waals surface area (Å²) in [5, 5.41) is 14.7. The Bertz CT molecular complexity index is 1060. The van der Waals surface area contributed by atoms with Gasteiger partial charge in [0, 0.05) is 16.9 Å². The standard InChI is InChI=1S/C22H18N2O4/c1-14-6-4-8-16(12-14)23-20(25)15-7-5-9-17(13-15)24-21(26)18-10-2-3-11-19(18)22(27)28/h2-13H,1H3,(H,23,25)(H,24,26)(H,27,28). The number of carboxylic acids is 1. The molecule has 3 aromatic rings. The first-order valence-electron chi connectivity index (χ1n) is 8.56. The van der Waals surface area contributed by atoms with Crippen molar-refractivity contribution in [3.8, 4) is 0 Å². The van der Waals surface area contributed by atoms with Crippen molar-refractivity contribution in [1.29, 1.82) is 0 Å². The third kappa shape index (κ3) is 4.42. The van der Waals surface area contributed by atoms with Crippen molar-refractivity contribution in [2.45, 2.75) is 6.92 Å². The van der Waals surface area contributed by atoms with Gasteiger partial charge in [-0.25, -0.2) is 4.79 Å². The summed E-state index contributed by atoms with van der Waals surface area (Å²) >= 11 is 0. The minimum Gasteiger partial charge on any atom is -0.478 e. The number of carboxylic acid groups (broad SMARTS) is 1. The van der Waals surface area contributed by atoms with Crippen molar-refractivity contribution >= 4 is 29.2 Å². The smallest absolute Gasteiger partial charge is 0.336 e. The van der Waals surface area contributed by atoms with Gasteiger partial charge in [0.2, 0.25) is 0 Å². The maximum atomic E-state index is 12.5. The molecule has 0 radical (unpaired) electrons. The number of hydrogen-bond acceptors (Lipinski definition) is 3. The predicted molar refractivity (Wildman–Crippen MR) is 107 cm³/mol. The van der Waals surface area contributed by atoms with Gasteiger partial charge >= 0.3 is 5.97 Å². The monoisotopic (exact) mass is 374 g/mol. The van der Waals surface area contributed by atoms with E-state index in [1.807, 2.05) is 25.1 Å². The third-order valence-corrected chi connectivity index (χ3v) is 4.06. The number of aromatic carboxylic acids is 1. The van der Waals surface area contributed by atoms with E-state index in [4.69, 9.17) is 0 Å². The van der Waals surface area contributed by atoms with E-state index in [1.165, 1.54) is 18.2 Å². The molecular formula is C22H18N2O4. The number of hydrogen-bond donors (Lipinski definition) is 3. The summed E-state index contributed by atoms with van der Waals surface area (Å²) in [6, 6.07) is 19.8. The van der Waals surface area contributed by atoms with Crippen molar-refractivity contribution in [3.63, 3.8) is 0 Å². The summed E-state index contributed by atoms with van der Waals surface area (Å²) in [5.41, 5.74) is 2.41. The van der Waals surface area contributed by atoms with Crippen LogP contribution in [0.5, 0.6) is 0 Å². The lowest BCUT2D eigenvalue weighted by atomic mass is 10.1. The predicted octanol–water partition coefficient (Wildman–Crippen LogP) is 4.20. The molecule has 140 valence electrons. The largest absolute Gasteiger partial charge is 0.478 e. The quantitative estimate of drug-likeness (QED) is 0.624. The molecule has 3 N–H and O–H groups in total. The molecule has 0 saturated heterocycles. The van der Waals surface area contributed by atoms with E-state index < -0.39 is 11.9 Å². The molecule has 0 saturated carbocycles. The Morgan fingerprint density at radius 1 is 0.714 bits per heavy atom. The lowest BCUT2D eigenvalue weighted by molar-refractivity contribution is 0.0692. The summed E-state index contributed by atoms with van der Waals surface area (Å²) in [5.74, 6) is -2.06. The number of carbonyl (C=O) groups is 3. The van der Waals surface area contributed by atoms with Crippen LogP contribution in [0.2, 0.25) is 0 Å². The van der Waals surface area contributed by atoms with Crippen molar-refractivity contribution in [1.82, 2.24) is 0 Å². The molecule has 0 atom stereocenters. The van der Waals surface area contributed by atoms with Crippen LogP contribution in [0, 0.1) is 6.92 Å². The first-order chi connectivity index (χ1) is 13.4. The highest BCUT2D eigenvalue weighted by Crippen LogP contribution is 2.17. The highest BCUT2D eigenvalue weighted by atomic mass is 16.4. The second-order valence-electron chi connectivity index (χ2n) is 6.21. The van der Waals surface area contributed by atoms with Crippen molar-refractivity contribution in [3.05, 3.63) is 95.1 Å². The number of nitrogens with one attached hydrogen (secondary N) is 2. The molecule has 3 rings (SSSR count). The molecule has 6 nitrogen and oxygen atoms in total. The summed E-state index contributed by atoms with van der Waals surface area (Å²) in [7, 11) is 0. The normalized spacial score (nSPS) is 10.2. The number of amides is 2. The van der Waals surface area contributed by atoms with Gasteiger partial charge in [0.15, 0.2) is 0 Å². The average molecular weight is 374 g/mol. The molecule has 0 heterocycles. The van der Waals surface area contributed by atoms with Gasteiger partial charge in [-0.05, 0) is 55.0 Å². The van der Waals surface area contributed by atoms with E-state index in [9.17, 15) is 19.5 Å². The molecule has 6 heteroatoms. The number of anilines is 2. The van der Waals surface area contributed by atoms with Crippen LogP contribution in [0.3, 0.4) is 0 Å². The zero-order valence-electron chi connectivity index (χ0n) is 15.1. The Hall–Kier alpha value is -3.93. The van der Waals surface area contributed by atoms with Crippen LogP contribution in [0.15, 0.2) is 72.8 Å². The van der Waals surface area contributed by atoms with Crippen LogP contribution >= 0.6 is 0 Å². The Morgan fingerprint density at radius 2 is 1.32 bits per heavy atom. The zero-order valence-corrected chi connectivity index (χ0v) is 15.1. The van der Waals surface area contributed by atoms with Gasteiger partial charge in [0.25, 0.3) is 11.8 Å². The molecule has 0 aromatic heterocycles. The maximum absolute atomic E-state index is 12.5. The van der Waals surface area contributed by atoms with Gasteiger partial charge in [-0.2, -0.15) is 0 Å². The molecule has 0 aliphatic heterocycles. The van der Waals surface area contributed by atoms with Gasteiger partial charge in [0.1, 0.15) is 0 Å². The zero-order chi connectivity index (χ0) is 20.1. The molecule has 2 amide bonds. The fourth-order valence-electron chi connectivity index (χ4n) is 2.73. The maximum Gasteiger partial charge on any atom is 0.336 e. The Balaban J connectivity index is 1.77. The van der Waals surface area contributed by atoms with E-state index >= 15 is 0 Å². The van der Waals surface area contributed by atoms with Crippen molar-refractivity contribution in [2.24, 2.45) is 0 Å². The van der Waals surface area contributed by atoms with E-state index in [1.54, 1.807) is 36.4 Å². The molecule has 0 bridgehead atoms. The first-order valence-corrected chi connectivity index (χ1v) is 8.56. The molecule has 0 fully saturated rings. The number of aryl methyl sites for hydroxylation is 1. The van der Waals surface area contributed by atoms with Crippen LogP contribution in [0.25, 0.3) is 0 Å². The van der Waals surface area contributed by atoms with Crippen LogP contribution in [0.4, 0.5) is 11.4 Å². The molecule has 3 aromatic carbocycles. The first kappa shape index (κ1) is 18.8. The lowest BCUT2D eigenvalue weighted by Gasteiger charge is -2.10. The van der Waals surface area contributed by atoms with E-state index in [-0.39, 0.29) is 17.0 Å². The summed E-state index contributed by atoms with van der Waals surface area (Å²) in [4.78, 5) is 36.2. The topological polar surface area (TPSA) is 95.5 Å². The molecule has 28 heavy (non-hydrogen) atoms. The Morgan fingerprint density at radius 3 is 2.00 bits per heavy atom. The molecule has 0 aliphatic carbocycles. The van der Waals surface area contributed by atoms with Crippen LogP contribution in [0.1, 0.15) is 36.6 Å². The molecule has 0 aliphatic rings. The number of carbonyl (C=O) groups excluding carboxylic acids is 2. The van der Waals surface area contributed by atoms with E-state index in [0.29, 0.717) is 16.9 Å². The van der Waals surface area contributed by atoms with E-state index in [2.05, 4.69) is 10.6 Å². The number of benzene rings is 3. The van der Waals surface area contributed by atoms with Gasteiger partial charge in [0.05, 0.1) is 11.1 Å². The summed E-state index contributed by atoms with van der Waals surface area (Å²) < 4.78 is 0. The van der Waals surface area contributed by atoms with Crippen molar-refractivity contribution < 1.29 is 19.5 Å². The average Bonchev–Trinajstić information content (AvgIpc) is 2.68. The Labute approximate surface area is 161 Å². The molecular weight excluding hydrogens is 356 g/mol. The highest BCUT2D eigenvalue weighted by Gasteiger charge is 2.16. The van der Waals surface area contributed by atoms with Gasteiger partial charge in [-0.3, -0.25) is 9.59 Å².